The fraction of sp³-hybridized carbons (Fsp3) is 0.357. The van der Waals surface area contributed by atoms with Crippen molar-refractivity contribution >= 4 is 45.0 Å². The molecule has 2 aromatic rings. The zero-order chi connectivity index (χ0) is 14.7. The van der Waals surface area contributed by atoms with Crippen molar-refractivity contribution in [1.29, 1.82) is 0 Å². The van der Waals surface area contributed by atoms with Gasteiger partial charge in [0.05, 0.1) is 16.4 Å². The third-order valence-electron chi connectivity index (χ3n) is 3.03. The first-order chi connectivity index (χ1) is 9.56. The average molecular weight is 375 g/mol. The first-order valence-electron chi connectivity index (χ1n) is 6.48. The van der Waals surface area contributed by atoms with Gasteiger partial charge in [-0.2, -0.15) is 5.10 Å². The van der Waals surface area contributed by atoms with Crippen LogP contribution >= 0.6 is 39.3 Å². The molecule has 1 heterocycles. The van der Waals surface area contributed by atoms with Crippen molar-refractivity contribution < 1.29 is 0 Å². The monoisotopic (exact) mass is 373 g/mol. The van der Waals surface area contributed by atoms with E-state index in [1.54, 1.807) is 11.8 Å². The summed E-state index contributed by atoms with van der Waals surface area (Å²) >= 11 is 11.5. The first kappa shape index (κ1) is 15.7. The summed E-state index contributed by atoms with van der Waals surface area (Å²) in [5.41, 5.74) is 8.83. The van der Waals surface area contributed by atoms with Crippen LogP contribution in [0.4, 0.5) is 5.69 Å². The second kappa shape index (κ2) is 6.87. The van der Waals surface area contributed by atoms with E-state index >= 15 is 0 Å². The van der Waals surface area contributed by atoms with Crippen LogP contribution in [0.15, 0.2) is 27.6 Å². The van der Waals surface area contributed by atoms with E-state index < -0.39 is 0 Å². The van der Waals surface area contributed by atoms with E-state index in [9.17, 15) is 0 Å². The Hall–Kier alpha value is -0.650. The van der Waals surface area contributed by atoms with Crippen molar-refractivity contribution in [2.24, 2.45) is 0 Å². The van der Waals surface area contributed by atoms with Gasteiger partial charge in [-0.1, -0.05) is 34.5 Å². The molecule has 0 spiro atoms. The number of aryl methyl sites for hydroxylation is 2. The minimum absolute atomic E-state index is 0.769. The fourth-order valence-electron chi connectivity index (χ4n) is 1.95. The van der Waals surface area contributed by atoms with Crippen LogP contribution in [0, 0.1) is 0 Å². The molecule has 0 radical (unpaired) electrons. The molecule has 0 bridgehead atoms. The van der Waals surface area contributed by atoms with Crippen LogP contribution in [0.3, 0.4) is 0 Å². The molecule has 108 valence electrons. The Morgan fingerprint density at radius 2 is 2.15 bits per heavy atom. The Labute approximate surface area is 137 Å². The number of benzene rings is 1. The lowest BCUT2D eigenvalue weighted by Gasteiger charge is -2.08. The maximum Gasteiger partial charge on any atom is 0.0858 e. The molecule has 0 aliphatic heterocycles. The van der Waals surface area contributed by atoms with Crippen molar-refractivity contribution in [1.82, 2.24) is 9.78 Å². The topological polar surface area (TPSA) is 43.8 Å². The van der Waals surface area contributed by atoms with Crippen molar-refractivity contribution in [3.8, 4) is 0 Å². The summed E-state index contributed by atoms with van der Waals surface area (Å²) in [6.07, 6.45) is 0.851. The van der Waals surface area contributed by atoms with Crippen LogP contribution in [0.25, 0.3) is 0 Å². The molecule has 0 unspecified atom stereocenters. The zero-order valence-corrected chi connectivity index (χ0v) is 14.6. The second-order valence-electron chi connectivity index (χ2n) is 4.35. The van der Waals surface area contributed by atoms with E-state index in [1.165, 1.54) is 0 Å². The maximum absolute atomic E-state index is 6.40. The molecular weight excluding hydrogens is 358 g/mol. The van der Waals surface area contributed by atoms with Gasteiger partial charge >= 0.3 is 0 Å². The number of nitrogen functional groups attached to an aromatic ring is 1. The van der Waals surface area contributed by atoms with Gasteiger partial charge in [-0.3, -0.25) is 4.68 Å². The largest absolute Gasteiger partial charge is 0.398 e. The zero-order valence-electron chi connectivity index (χ0n) is 11.5. The molecular formula is C14H17BrClN3S. The summed E-state index contributed by atoms with van der Waals surface area (Å²) in [5, 5.41) is 5.32. The van der Waals surface area contributed by atoms with Gasteiger partial charge in [-0.25, -0.2) is 0 Å². The minimum atomic E-state index is 0.769. The fourth-order valence-corrected chi connectivity index (χ4v) is 3.72. The molecule has 0 aliphatic rings. The Kier molecular flexibility index (Phi) is 5.41. The van der Waals surface area contributed by atoms with Gasteiger partial charge < -0.3 is 5.73 Å². The second-order valence-corrected chi connectivity index (χ2v) is 6.66. The molecule has 3 nitrogen and oxygen atoms in total. The Morgan fingerprint density at radius 1 is 1.40 bits per heavy atom. The molecule has 0 saturated heterocycles. The summed E-state index contributed by atoms with van der Waals surface area (Å²) < 4.78 is 2.97. The Bertz CT molecular complexity index is 613. The van der Waals surface area contributed by atoms with Crippen molar-refractivity contribution in [3.63, 3.8) is 0 Å². The molecule has 0 fully saturated rings. The molecule has 1 aromatic heterocycles. The van der Waals surface area contributed by atoms with Gasteiger partial charge in [0.15, 0.2) is 0 Å². The van der Waals surface area contributed by atoms with E-state index in [-0.39, 0.29) is 0 Å². The normalized spacial score (nSPS) is 11.0. The van der Waals surface area contributed by atoms with Gasteiger partial charge in [-0.05, 0) is 31.5 Å². The number of nitrogens with zero attached hydrogens (tertiary/aromatic N) is 2. The minimum Gasteiger partial charge on any atom is -0.398 e. The number of thioether (sulfide) groups is 1. The number of hydrogen-bond donors (Lipinski definition) is 1. The summed E-state index contributed by atoms with van der Waals surface area (Å²) in [4.78, 5) is 1.06. The number of anilines is 1. The highest BCUT2D eigenvalue weighted by Crippen LogP contribution is 2.33. The number of rotatable bonds is 5. The number of halogens is 2. The van der Waals surface area contributed by atoms with E-state index in [0.717, 1.165) is 50.2 Å². The first-order valence-corrected chi connectivity index (χ1v) is 8.64. The molecule has 1 aromatic carbocycles. The van der Waals surface area contributed by atoms with Gasteiger partial charge in [0.25, 0.3) is 0 Å². The van der Waals surface area contributed by atoms with E-state index in [2.05, 4.69) is 34.9 Å². The molecule has 6 heteroatoms. The molecule has 20 heavy (non-hydrogen) atoms. The Balaban J connectivity index is 2.20. The molecule has 0 amide bonds. The highest BCUT2D eigenvalue weighted by molar-refractivity contribution is 9.10. The van der Waals surface area contributed by atoms with E-state index in [0.29, 0.717) is 0 Å². The van der Waals surface area contributed by atoms with Crippen LogP contribution in [-0.2, 0) is 18.7 Å². The summed E-state index contributed by atoms with van der Waals surface area (Å²) in [6, 6.07) is 5.93. The van der Waals surface area contributed by atoms with Crippen LogP contribution < -0.4 is 5.73 Å². The van der Waals surface area contributed by atoms with Gasteiger partial charge in [0, 0.05) is 27.4 Å². The third-order valence-corrected chi connectivity index (χ3v) is 5.06. The molecule has 0 aliphatic carbocycles. The van der Waals surface area contributed by atoms with Gasteiger partial charge in [-0.15, -0.1) is 11.8 Å². The average Bonchev–Trinajstić information content (AvgIpc) is 2.74. The van der Waals surface area contributed by atoms with E-state index in [1.807, 2.05) is 22.9 Å². The lowest BCUT2D eigenvalue weighted by molar-refractivity contribution is 0.628. The molecule has 0 saturated carbocycles. The highest BCUT2D eigenvalue weighted by atomic mass is 79.9. The van der Waals surface area contributed by atoms with Crippen LogP contribution in [-0.4, -0.2) is 9.78 Å². The summed E-state index contributed by atoms with van der Waals surface area (Å²) in [7, 11) is 0. The van der Waals surface area contributed by atoms with Crippen LogP contribution in [0.5, 0.6) is 0 Å². The predicted octanol–water partition coefficient (Wildman–Crippen LogP) is 4.76. The Morgan fingerprint density at radius 3 is 2.75 bits per heavy atom. The SMILES string of the molecule is CCc1nn(CC)c(CSc2ccc(Br)cc2N)c1Cl. The van der Waals surface area contributed by atoms with Crippen molar-refractivity contribution in [2.75, 3.05) is 5.73 Å². The molecule has 0 atom stereocenters. The van der Waals surface area contributed by atoms with Gasteiger partial charge in [0.2, 0.25) is 0 Å². The maximum atomic E-state index is 6.40. The summed E-state index contributed by atoms with van der Waals surface area (Å²) in [5.74, 6) is 0.769. The number of aromatic nitrogens is 2. The summed E-state index contributed by atoms with van der Waals surface area (Å²) in [6.45, 7) is 4.97. The molecule has 2 N–H and O–H groups in total. The molecule has 2 rings (SSSR count). The third kappa shape index (κ3) is 3.32. The number of nitrogens with two attached hydrogens (primary N) is 1. The highest BCUT2D eigenvalue weighted by Gasteiger charge is 2.14. The lowest BCUT2D eigenvalue weighted by Crippen LogP contribution is -2.02. The van der Waals surface area contributed by atoms with Crippen molar-refractivity contribution in [2.45, 2.75) is 37.5 Å². The lowest BCUT2D eigenvalue weighted by atomic mass is 10.3. The van der Waals surface area contributed by atoms with Crippen molar-refractivity contribution in [3.05, 3.63) is 39.1 Å². The number of hydrogen-bond acceptors (Lipinski definition) is 3. The van der Waals surface area contributed by atoms with Crippen LogP contribution in [0.2, 0.25) is 5.02 Å². The van der Waals surface area contributed by atoms with E-state index in [4.69, 9.17) is 17.3 Å². The van der Waals surface area contributed by atoms with Gasteiger partial charge in [0.1, 0.15) is 0 Å². The van der Waals surface area contributed by atoms with Crippen LogP contribution in [0.1, 0.15) is 25.2 Å². The standard InChI is InChI=1S/C14H17BrClN3S/c1-3-11-14(16)12(19(4-2)18-11)8-20-13-6-5-9(15)7-10(13)17/h5-7H,3-4,8,17H2,1-2H3. The predicted molar refractivity (Wildman–Crippen MR) is 90.4 cm³/mol. The quantitative estimate of drug-likeness (QED) is 0.606. The smallest absolute Gasteiger partial charge is 0.0858 e.